The molecule has 0 aromatic heterocycles. The Morgan fingerprint density at radius 1 is 1.22 bits per heavy atom. The zero-order valence-electron chi connectivity index (χ0n) is 11.0. The maximum Gasteiger partial charge on any atom is 0.196 e. The number of halogens is 3. The summed E-state index contributed by atoms with van der Waals surface area (Å²) in [4.78, 5) is 0. The van der Waals surface area contributed by atoms with E-state index < -0.39 is 17.5 Å². The van der Waals surface area contributed by atoms with E-state index in [1.807, 2.05) is 20.8 Å². The molecule has 0 aliphatic heterocycles. The Kier molecular flexibility index (Phi) is 4.62. The van der Waals surface area contributed by atoms with Crippen molar-refractivity contribution in [2.45, 2.75) is 38.8 Å². The molecule has 102 valence electrons. The lowest BCUT2D eigenvalue weighted by atomic mass is 9.99. The fraction of sp³-hybridized carbons (Fsp3) is 0.538. The van der Waals surface area contributed by atoms with Crippen LogP contribution in [0.1, 0.15) is 27.2 Å². The molecule has 0 spiro atoms. The topological polar surface area (TPSA) is 21.3 Å². The van der Waals surface area contributed by atoms with Gasteiger partial charge in [-0.1, -0.05) is 0 Å². The maximum atomic E-state index is 13.4. The predicted molar refractivity (Wildman–Crippen MR) is 65.1 cm³/mol. The smallest absolute Gasteiger partial charge is 0.196 e. The van der Waals surface area contributed by atoms with Crippen LogP contribution in [0.5, 0.6) is 0 Å². The Bertz CT molecular complexity index is 421. The molecule has 1 atom stereocenters. The minimum Gasteiger partial charge on any atom is -0.380 e. The minimum absolute atomic E-state index is 0.0479. The van der Waals surface area contributed by atoms with Gasteiger partial charge >= 0.3 is 0 Å². The standard InChI is InChI=1S/C13H18F3NO/c1-8(7-13(2,3)18-4)17-10-6-5-9(14)11(15)12(10)16/h5-6,8,17H,7H2,1-4H3. The first kappa shape index (κ1) is 14.8. The lowest BCUT2D eigenvalue weighted by molar-refractivity contribution is 0.0127. The number of nitrogens with one attached hydrogen (secondary N) is 1. The quantitative estimate of drug-likeness (QED) is 0.816. The Labute approximate surface area is 105 Å². The van der Waals surface area contributed by atoms with Crippen molar-refractivity contribution in [2.75, 3.05) is 12.4 Å². The third kappa shape index (κ3) is 3.63. The molecule has 0 heterocycles. The van der Waals surface area contributed by atoms with Crippen LogP contribution in [0, 0.1) is 17.5 Å². The zero-order chi connectivity index (χ0) is 13.9. The van der Waals surface area contributed by atoms with E-state index in [4.69, 9.17) is 4.74 Å². The molecule has 1 rings (SSSR count). The van der Waals surface area contributed by atoms with Gasteiger partial charge in [0.1, 0.15) is 0 Å². The van der Waals surface area contributed by atoms with Crippen LogP contribution in [-0.4, -0.2) is 18.8 Å². The van der Waals surface area contributed by atoms with E-state index in [0.717, 1.165) is 6.07 Å². The second kappa shape index (κ2) is 5.61. The molecule has 0 aliphatic carbocycles. The Morgan fingerprint density at radius 2 is 1.83 bits per heavy atom. The summed E-state index contributed by atoms with van der Waals surface area (Å²) in [5.74, 6) is -3.85. The summed E-state index contributed by atoms with van der Waals surface area (Å²) in [5, 5.41) is 2.81. The summed E-state index contributed by atoms with van der Waals surface area (Å²) in [7, 11) is 1.59. The van der Waals surface area contributed by atoms with Gasteiger partial charge in [0.05, 0.1) is 11.3 Å². The molecule has 0 saturated heterocycles. The summed E-state index contributed by atoms with van der Waals surface area (Å²) >= 11 is 0. The van der Waals surface area contributed by atoms with Crippen molar-refractivity contribution in [2.24, 2.45) is 0 Å². The van der Waals surface area contributed by atoms with Gasteiger partial charge in [0.25, 0.3) is 0 Å². The second-order valence-electron chi connectivity index (χ2n) is 4.94. The number of hydrogen-bond acceptors (Lipinski definition) is 2. The van der Waals surface area contributed by atoms with Crippen molar-refractivity contribution in [3.63, 3.8) is 0 Å². The highest BCUT2D eigenvalue weighted by molar-refractivity contribution is 5.46. The van der Waals surface area contributed by atoms with Crippen molar-refractivity contribution < 1.29 is 17.9 Å². The number of benzene rings is 1. The number of rotatable bonds is 5. The van der Waals surface area contributed by atoms with Gasteiger partial charge in [0, 0.05) is 13.2 Å². The Balaban J connectivity index is 2.77. The maximum absolute atomic E-state index is 13.4. The molecule has 0 bridgehead atoms. The third-order valence-corrected chi connectivity index (χ3v) is 2.79. The number of anilines is 1. The summed E-state index contributed by atoms with van der Waals surface area (Å²) < 4.78 is 44.5. The van der Waals surface area contributed by atoms with Crippen molar-refractivity contribution in [1.82, 2.24) is 0 Å². The fourth-order valence-electron chi connectivity index (χ4n) is 1.77. The highest BCUT2D eigenvalue weighted by Crippen LogP contribution is 2.23. The second-order valence-corrected chi connectivity index (χ2v) is 4.94. The largest absolute Gasteiger partial charge is 0.380 e. The molecule has 0 amide bonds. The van der Waals surface area contributed by atoms with Gasteiger partial charge in [0.15, 0.2) is 17.5 Å². The third-order valence-electron chi connectivity index (χ3n) is 2.79. The normalized spacial score (nSPS) is 13.5. The van der Waals surface area contributed by atoms with Gasteiger partial charge in [-0.05, 0) is 39.3 Å². The van der Waals surface area contributed by atoms with Crippen molar-refractivity contribution in [3.05, 3.63) is 29.6 Å². The molecular formula is C13H18F3NO. The lowest BCUT2D eigenvalue weighted by Gasteiger charge is -2.27. The van der Waals surface area contributed by atoms with Crippen LogP contribution in [0.2, 0.25) is 0 Å². The molecule has 1 N–H and O–H groups in total. The van der Waals surface area contributed by atoms with Gasteiger partial charge in [-0.3, -0.25) is 0 Å². The first-order valence-electron chi connectivity index (χ1n) is 5.72. The molecule has 1 aromatic carbocycles. The van der Waals surface area contributed by atoms with Crippen LogP contribution in [0.15, 0.2) is 12.1 Å². The van der Waals surface area contributed by atoms with Crippen LogP contribution < -0.4 is 5.32 Å². The summed E-state index contributed by atoms with van der Waals surface area (Å²) in [6.45, 7) is 5.61. The molecule has 5 heteroatoms. The molecule has 0 aliphatic rings. The zero-order valence-corrected chi connectivity index (χ0v) is 11.0. The molecule has 18 heavy (non-hydrogen) atoms. The van der Waals surface area contributed by atoms with E-state index in [9.17, 15) is 13.2 Å². The number of ether oxygens (including phenoxy) is 1. The molecular weight excluding hydrogens is 243 g/mol. The highest BCUT2D eigenvalue weighted by atomic mass is 19.2. The van der Waals surface area contributed by atoms with Gasteiger partial charge in [-0.15, -0.1) is 0 Å². The first-order valence-corrected chi connectivity index (χ1v) is 5.72. The van der Waals surface area contributed by atoms with Gasteiger partial charge in [-0.25, -0.2) is 13.2 Å². The van der Waals surface area contributed by atoms with Crippen LogP contribution in [0.25, 0.3) is 0 Å². The minimum atomic E-state index is -1.46. The molecule has 2 nitrogen and oxygen atoms in total. The summed E-state index contributed by atoms with van der Waals surface area (Å²) in [6, 6.07) is 1.94. The van der Waals surface area contributed by atoms with E-state index in [0.29, 0.717) is 6.42 Å². The van der Waals surface area contributed by atoms with Crippen molar-refractivity contribution in [1.29, 1.82) is 0 Å². The van der Waals surface area contributed by atoms with E-state index in [1.165, 1.54) is 6.07 Å². The average molecular weight is 261 g/mol. The molecule has 1 unspecified atom stereocenters. The van der Waals surface area contributed by atoms with Crippen LogP contribution in [0.3, 0.4) is 0 Å². The lowest BCUT2D eigenvalue weighted by Crippen LogP contribution is -2.31. The van der Waals surface area contributed by atoms with Gasteiger partial charge in [-0.2, -0.15) is 0 Å². The van der Waals surface area contributed by atoms with Crippen molar-refractivity contribution in [3.8, 4) is 0 Å². The van der Waals surface area contributed by atoms with Crippen LogP contribution in [0.4, 0.5) is 18.9 Å². The summed E-state index contributed by atoms with van der Waals surface area (Å²) in [6.07, 6.45) is 0.599. The fourth-order valence-corrected chi connectivity index (χ4v) is 1.77. The SMILES string of the molecule is COC(C)(C)CC(C)Nc1ccc(F)c(F)c1F. The van der Waals surface area contributed by atoms with Gasteiger partial charge in [0.2, 0.25) is 0 Å². The van der Waals surface area contributed by atoms with Crippen LogP contribution in [-0.2, 0) is 4.74 Å². The first-order chi connectivity index (χ1) is 8.26. The Morgan fingerprint density at radius 3 is 2.39 bits per heavy atom. The molecule has 0 saturated carbocycles. The van der Waals surface area contributed by atoms with Crippen LogP contribution >= 0.6 is 0 Å². The molecule has 1 aromatic rings. The monoisotopic (exact) mass is 261 g/mol. The highest BCUT2D eigenvalue weighted by Gasteiger charge is 2.21. The van der Waals surface area contributed by atoms with E-state index in [-0.39, 0.29) is 17.3 Å². The van der Waals surface area contributed by atoms with Crippen molar-refractivity contribution >= 4 is 5.69 Å². The average Bonchev–Trinajstić information content (AvgIpc) is 2.29. The molecule has 0 fully saturated rings. The Hall–Kier alpha value is -1.23. The predicted octanol–water partition coefficient (Wildman–Crippen LogP) is 3.72. The number of hydrogen-bond donors (Lipinski definition) is 1. The van der Waals surface area contributed by atoms with E-state index in [2.05, 4.69) is 5.32 Å². The van der Waals surface area contributed by atoms with E-state index in [1.54, 1.807) is 7.11 Å². The molecule has 0 radical (unpaired) electrons. The van der Waals surface area contributed by atoms with E-state index >= 15 is 0 Å². The number of methoxy groups -OCH3 is 1. The van der Waals surface area contributed by atoms with Gasteiger partial charge < -0.3 is 10.1 Å². The summed E-state index contributed by atoms with van der Waals surface area (Å²) in [5.41, 5.74) is -0.421.